The molecule has 2 rings (SSSR count). The summed E-state index contributed by atoms with van der Waals surface area (Å²) in [5, 5.41) is 9.42. The minimum atomic E-state index is -0.768. The predicted octanol–water partition coefficient (Wildman–Crippen LogP) is 3.64. The van der Waals surface area contributed by atoms with E-state index in [0.29, 0.717) is 18.4 Å². The molecule has 0 saturated carbocycles. The van der Waals surface area contributed by atoms with Crippen molar-refractivity contribution in [2.45, 2.75) is 26.7 Å². The van der Waals surface area contributed by atoms with Crippen LogP contribution in [-0.2, 0) is 9.57 Å². The van der Waals surface area contributed by atoms with Crippen molar-refractivity contribution >= 4 is 5.76 Å². The summed E-state index contributed by atoms with van der Waals surface area (Å²) in [6.07, 6.45) is 2.13. The van der Waals surface area contributed by atoms with E-state index in [-0.39, 0.29) is 12.5 Å². The number of fused-ring (bicyclic) bond motifs is 1. The van der Waals surface area contributed by atoms with Crippen LogP contribution in [0.2, 0.25) is 0 Å². The van der Waals surface area contributed by atoms with Crippen molar-refractivity contribution in [1.82, 2.24) is 0 Å². The molecule has 0 bridgehead atoms. The molecule has 1 aromatic rings. The van der Waals surface area contributed by atoms with Crippen LogP contribution in [0, 0.1) is 22.0 Å². The maximum atomic E-state index is 10.2. The fraction of sp³-hybridized carbons (Fsp3) is 0.500. The van der Waals surface area contributed by atoms with E-state index in [0.717, 1.165) is 11.3 Å². The highest BCUT2D eigenvalue weighted by Crippen LogP contribution is 2.38. The lowest BCUT2D eigenvalue weighted by atomic mass is 9.81. The number of hydrogen-bond donors (Lipinski definition) is 0. The zero-order valence-corrected chi connectivity index (χ0v) is 12.6. The van der Waals surface area contributed by atoms with E-state index in [9.17, 15) is 10.1 Å². The lowest BCUT2D eigenvalue weighted by molar-refractivity contribution is -0.759. The highest BCUT2D eigenvalue weighted by molar-refractivity contribution is 5.66. The number of allylic oxidation sites excluding steroid dienone is 1. The molecule has 0 N–H and O–H groups in total. The quantitative estimate of drug-likeness (QED) is 0.593. The van der Waals surface area contributed by atoms with Gasteiger partial charge in [0.1, 0.15) is 12.4 Å². The number of hydrogen-bond acceptors (Lipinski definition) is 4. The van der Waals surface area contributed by atoms with Gasteiger partial charge in [-0.1, -0.05) is 45.0 Å². The maximum absolute atomic E-state index is 10.2. The first-order valence-corrected chi connectivity index (χ1v) is 7.20. The molecule has 3 atom stereocenters. The van der Waals surface area contributed by atoms with E-state index >= 15 is 0 Å². The van der Waals surface area contributed by atoms with E-state index in [1.165, 1.54) is 5.56 Å². The summed E-state index contributed by atoms with van der Waals surface area (Å²) in [4.78, 5) is 14.6. The Balaban J connectivity index is 2.03. The van der Waals surface area contributed by atoms with Crippen molar-refractivity contribution in [2.24, 2.45) is 11.8 Å². The molecule has 0 heterocycles. The Bertz CT molecular complexity index is 541. The van der Waals surface area contributed by atoms with Gasteiger partial charge in [-0.2, -0.15) is 0 Å². The summed E-state index contributed by atoms with van der Waals surface area (Å²) in [6.45, 7) is 6.70. The molecule has 5 heteroatoms. The molecule has 21 heavy (non-hydrogen) atoms. The van der Waals surface area contributed by atoms with Gasteiger partial charge >= 0.3 is 0 Å². The van der Waals surface area contributed by atoms with Crippen molar-refractivity contribution in [3.63, 3.8) is 0 Å². The first kappa shape index (κ1) is 15.4. The van der Waals surface area contributed by atoms with E-state index in [1.54, 1.807) is 0 Å². The average Bonchev–Trinajstić information content (AvgIpc) is 2.47. The summed E-state index contributed by atoms with van der Waals surface area (Å²) < 4.78 is 5.88. The standard InChI is InChI=1S/C16H21NO4/c1-11(10-21-17(18)19)9-20-16-8-12(2)13(3)14-6-4-5-7-15(14)16/h4-8,11-13H,9-10H2,1-3H3. The van der Waals surface area contributed by atoms with Crippen LogP contribution in [0.25, 0.3) is 5.76 Å². The van der Waals surface area contributed by atoms with Crippen molar-refractivity contribution in [3.05, 3.63) is 51.6 Å². The monoisotopic (exact) mass is 291 g/mol. The molecular formula is C16H21NO4. The van der Waals surface area contributed by atoms with Crippen molar-refractivity contribution in [1.29, 1.82) is 0 Å². The van der Waals surface area contributed by atoms with E-state index < -0.39 is 5.09 Å². The largest absolute Gasteiger partial charge is 0.493 e. The van der Waals surface area contributed by atoms with Gasteiger partial charge in [0.2, 0.25) is 0 Å². The lowest BCUT2D eigenvalue weighted by Gasteiger charge is -2.28. The van der Waals surface area contributed by atoms with E-state index in [1.807, 2.05) is 19.1 Å². The molecule has 0 saturated heterocycles. The van der Waals surface area contributed by atoms with Crippen LogP contribution in [0.1, 0.15) is 37.8 Å². The minimum absolute atomic E-state index is 0.0434. The summed E-state index contributed by atoms with van der Waals surface area (Å²) in [6, 6.07) is 8.23. The van der Waals surface area contributed by atoms with Crippen LogP contribution in [0.15, 0.2) is 30.3 Å². The molecule has 0 spiro atoms. The number of nitrogens with zero attached hydrogens (tertiary/aromatic N) is 1. The van der Waals surface area contributed by atoms with E-state index in [2.05, 4.69) is 36.9 Å². The van der Waals surface area contributed by atoms with Crippen molar-refractivity contribution < 1.29 is 14.7 Å². The van der Waals surface area contributed by atoms with Crippen LogP contribution in [-0.4, -0.2) is 18.3 Å². The third-order valence-corrected chi connectivity index (χ3v) is 3.91. The second-order valence-corrected chi connectivity index (χ2v) is 5.70. The van der Waals surface area contributed by atoms with E-state index in [4.69, 9.17) is 4.74 Å². The summed E-state index contributed by atoms with van der Waals surface area (Å²) >= 11 is 0. The van der Waals surface area contributed by atoms with Gasteiger partial charge in [0.15, 0.2) is 0 Å². The minimum Gasteiger partial charge on any atom is -0.493 e. The zero-order valence-electron chi connectivity index (χ0n) is 12.6. The Hall–Kier alpha value is -2.04. The van der Waals surface area contributed by atoms with Gasteiger partial charge in [0.25, 0.3) is 5.09 Å². The molecule has 0 fully saturated rings. The molecule has 0 aliphatic heterocycles. The van der Waals surface area contributed by atoms with Crippen LogP contribution >= 0.6 is 0 Å². The number of rotatable bonds is 6. The predicted molar refractivity (Wildman–Crippen MR) is 80.1 cm³/mol. The summed E-state index contributed by atoms with van der Waals surface area (Å²) in [5.41, 5.74) is 2.40. The first-order chi connectivity index (χ1) is 9.99. The Morgan fingerprint density at radius 2 is 2.00 bits per heavy atom. The topological polar surface area (TPSA) is 61.6 Å². The molecule has 5 nitrogen and oxygen atoms in total. The fourth-order valence-corrected chi connectivity index (χ4v) is 2.47. The van der Waals surface area contributed by atoms with Gasteiger partial charge in [-0.15, -0.1) is 10.1 Å². The average molecular weight is 291 g/mol. The zero-order chi connectivity index (χ0) is 15.4. The van der Waals surface area contributed by atoms with Gasteiger partial charge < -0.3 is 9.57 Å². The molecule has 114 valence electrons. The molecule has 0 radical (unpaired) electrons. The van der Waals surface area contributed by atoms with Gasteiger partial charge in [-0.25, -0.2) is 0 Å². The third-order valence-electron chi connectivity index (χ3n) is 3.91. The molecule has 0 aromatic heterocycles. The second kappa shape index (κ2) is 6.61. The second-order valence-electron chi connectivity index (χ2n) is 5.70. The lowest BCUT2D eigenvalue weighted by Crippen LogP contribution is -2.18. The Kier molecular flexibility index (Phi) is 4.83. The normalized spacial score (nSPS) is 22.0. The Morgan fingerprint density at radius 3 is 2.71 bits per heavy atom. The number of benzene rings is 1. The maximum Gasteiger partial charge on any atom is 0.294 e. The SMILES string of the molecule is CC(COC1=CC(C)C(C)c2ccccc21)CO[N+](=O)[O-]. The molecule has 1 aromatic carbocycles. The highest BCUT2D eigenvalue weighted by Gasteiger charge is 2.24. The summed E-state index contributed by atoms with van der Waals surface area (Å²) in [5.74, 6) is 1.69. The van der Waals surface area contributed by atoms with Gasteiger partial charge in [0, 0.05) is 11.5 Å². The van der Waals surface area contributed by atoms with Crippen molar-refractivity contribution in [3.8, 4) is 0 Å². The van der Waals surface area contributed by atoms with Crippen LogP contribution < -0.4 is 0 Å². The highest BCUT2D eigenvalue weighted by atomic mass is 16.9. The molecule has 3 unspecified atom stereocenters. The first-order valence-electron chi connectivity index (χ1n) is 7.20. The van der Waals surface area contributed by atoms with Crippen LogP contribution in [0.3, 0.4) is 0 Å². The van der Waals surface area contributed by atoms with Gasteiger partial charge in [0.05, 0.1) is 6.61 Å². The Labute approximate surface area is 124 Å². The van der Waals surface area contributed by atoms with Gasteiger partial charge in [-0.3, -0.25) is 0 Å². The third kappa shape index (κ3) is 3.74. The van der Waals surface area contributed by atoms with Gasteiger partial charge in [-0.05, 0) is 23.5 Å². The van der Waals surface area contributed by atoms with Crippen LogP contribution in [0.5, 0.6) is 0 Å². The molecule has 0 amide bonds. The molecular weight excluding hydrogens is 270 g/mol. The summed E-state index contributed by atoms with van der Waals surface area (Å²) in [7, 11) is 0. The molecule has 1 aliphatic carbocycles. The number of ether oxygens (including phenoxy) is 1. The van der Waals surface area contributed by atoms with Crippen LogP contribution in [0.4, 0.5) is 0 Å². The smallest absolute Gasteiger partial charge is 0.294 e. The fourth-order valence-electron chi connectivity index (χ4n) is 2.47. The Morgan fingerprint density at radius 1 is 1.29 bits per heavy atom. The molecule has 1 aliphatic rings. The van der Waals surface area contributed by atoms with Crippen molar-refractivity contribution in [2.75, 3.05) is 13.2 Å².